The monoisotopic (exact) mass is 325 g/mol. The van der Waals surface area contributed by atoms with Gasteiger partial charge in [0, 0.05) is 23.9 Å². The Morgan fingerprint density at radius 2 is 2.17 bits per heavy atom. The van der Waals surface area contributed by atoms with Gasteiger partial charge in [0.1, 0.15) is 0 Å². The standard InChI is InChI=1S/C16H19N7O/c1-4-22-10-14(9-17-22)18-16(24)13-7-5-6-12(8-13)15-19-20-21-23(15)11(2)3/h5-11H,4H2,1-3H3,(H,18,24). The average molecular weight is 325 g/mol. The summed E-state index contributed by atoms with van der Waals surface area (Å²) in [5, 5.41) is 18.8. The Morgan fingerprint density at radius 3 is 2.88 bits per heavy atom. The molecule has 1 N–H and O–H groups in total. The highest BCUT2D eigenvalue weighted by atomic mass is 16.1. The zero-order valence-corrected chi connectivity index (χ0v) is 13.8. The number of aromatic nitrogens is 6. The van der Waals surface area contributed by atoms with E-state index in [1.165, 1.54) is 0 Å². The number of benzene rings is 1. The van der Waals surface area contributed by atoms with Crippen molar-refractivity contribution in [1.29, 1.82) is 0 Å². The van der Waals surface area contributed by atoms with E-state index in [4.69, 9.17) is 0 Å². The molecule has 0 atom stereocenters. The Morgan fingerprint density at radius 1 is 1.33 bits per heavy atom. The minimum atomic E-state index is -0.198. The van der Waals surface area contributed by atoms with Gasteiger partial charge in [0.2, 0.25) is 0 Å². The summed E-state index contributed by atoms with van der Waals surface area (Å²) in [6.45, 7) is 6.74. The lowest BCUT2D eigenvalue weighted by molar-refractivity contribution is 0.102. The van der Waals surface area contributed by atoms with E-state index in [0.717, 1.165) is 12.1 Å². The van der Waals surface area contributed by atoms with Gasteiger partial charge in [-0.2, -0.15) is 5.10 Å². The van der Waals surface area contributed by atoms with Gasteiger partial charge in [0.15, 0.2) is 5.82 Å². The number of carbonyl (C=O) groups excluding carboxylic acids is 1. The molecule has 1 aromatic carbocycles. The van der Waals surface area contributed by atoms with Crippen molar-refractivity contribution in [1.82, 2.24) is 30.0 Å². The largest absolute Gasteiger partial charge is 0.319 e. The predicted octanol–water partition coefficient (Wildman–Crippen LogP) is 2.39. The van der Waals surface area contributed by atoms with Crippen molar-refractivity contribution in [2.45, 2.75) is 33.4 Å². The second kappa shape index (κ2) is 6.61. The van der Waals surface area contributed by atoms with Crippen LogP contribution in [0.15, 0.2) is 36.7 Å². The molecule has 0 aliphatic rings. The van der Waals surface area contributed by atoms with Crippen LogP contribution >= 0.6 is 0 Å². The molecule has 124 valence electrons. The van der Waals surface area contributed by atoms with Crippen LogP contribution in [0.2, 0.25) is 0 Å². The molecule has 0 saturated carbocycles. The van der Waals surface area contributed by atoms with Crippen LogP contribution in [-0.4, -0.2) is 35.9 Å². The lowest BCUT2D eigenvalue weighted by Crippen LogP contribution is -2.12. The first kappa shape index (κ1) is 15.9. The molecule has 1 amide bonds. The van der Waals surface area contributed by atoms with E-state index in [-0.39, 0.29) is 11.9 Å². The Labute approximate surface area is 139 Å². The van der Waals surface area contributed by atoms with Crippen molar-refractivity contribution in [3.8, 4) is 11.4 Å². The van der Waals surface area contributed by atoms with Crippen LogP contribution in [0.1, 0.15) is 37.2 Å². The second-order valence-corrected chi connectivity index (χ2v) is 5.66. The smallest absolute Gasteiger partial charge is 0.255 e. The number of hydrogen-bond donors (Lipinski definition) is 1. The Hall–Kier alpha value is -3.03. The molecule has 2 heterocycles. The van der Waals surface area contributed by atoms with Crippen LogP contribution in [0.25, 0.3) is 11.4 Å². The van der Waals surface area contributed by atoms with Gasteiger partial charge in [-0.3, -0.25) is 9.48 Å². The number of amides is 1. The number of nitrogens with zero attached hydrogens (tertiary/aromatic N) is 6. The summed E-state index contributed by atoms with van der Waals surface area (Å²) in [6.07, 6.45) is 3.42. The molecular weight excluding hydrogens is 306 g/mol. The molecule has 0 unspecified atom stereocenters. The third kappa shape index (κ3) is 3.17. The van der Waals surface area contributed by atoms with Gasteiger partial charge < -0.3 is 5.32 Å². The van der Waals surface area contributed by atoms with Crippen LogP contribution in [0.5, 0.6) is 0 Å². The molecule has 0 bridgehead atoms. The Balaban J connectivity index is 1.84. The number of rotatable bonds is 5. The number of carbonyl (C=O) groups is 1. The molecule has 0 saturated heterocycles. The molecule has 24 heavy (non-hydrogen) atoms. The zero-order valence-electron chi connectivity index (χ0n) is 13.8. The van der Waals surface area contributed by atoms with Gasteiger partial charge in [0.05, 0.1) is 17.9 Å². The zero-order chi connectivity index (χ0) is 17.1. The lowest BCUT2D eigenvalue weighted by Gasteiger charge is -2.09. The first-order valence-corrected chi connectivity index (χ1v) is 7.80. The fourth-order valence-electron chi connectivity index (χ4n) is 2.34. The Bertz CT molecular complexity index is 849. The van der Waals surface area contributed by atoms with Gasteiger partial charge in [-0.15, -0.1) is 5.10 Å². The molecule has 8 heteroatoms. The fourth-order valence-corrected chi connectivity index (χ4v) is 2.34. The number of nitrogens with one attached hydrogen (secondary N) is 1. The molecule has 2 aromatic heterocycles. The van der Waals surface area contributed by atoms with Crippen LogP contribution < -0.4 is 5.32 Å². The number of aryl methyl sites for hydroxylation is 1. The van der Waals surface area contributed by atoms with Crippen molar-refractivity contribution in [2.24, 2.45) is 0 Å². The molecule has 0 spiro atoms. The summed E-state index contributed by atoms with van der Waals surface area (Å²) < 4.78 is 3.48. The second-order valence-electron chi connectivity index (χ2n) is 5.66. The molecule has 3 aromatic rings. The van der Waals surface area contributed by atoms with Gasteiger partial charge >= 0.3 is 0 Å². The van der Waals surface area contributed by atoms with E-state index in [0.29, 0.717) is 17.1 Å². The summed E-state index contributed by atoms with van der Waals surface area (Å²) in [5.74, 6) is 0.439. The van der Waals surface area contributed by atoms with Crippen molar-refractivity contribution in [3.63, 3.8) is 0 Å². The summed E-state index contributed by atoms with van der Waals surface area (Å²) in [7, 11) is 0. The molecule has 0 aliphatic carbocycles. The highest BCUT2D eigenvalue weighted by Crippen LogP contribution is 2.20. The molecule has 8 nitrogen and oxygen atoms in total. The van der Waals surface area contributed by atoms with Crippen molar-refractivity contribution < 1.29 is 4.79 Å². The SMILES string of the molecule is CCn1cc(NC(=O)c2cccc(-c3nnnn3C(C)C)c2)cn1. The van der Waals surface area contributed by atoms with Crippen molar-refractivity contribution >= 4 is 11.6 Å². The van der Waals surface area contributed by atoms with E-state index < -0.39 is 0 Å². The topological polar surface area (TPSA) is 90.5 Å². The number of hydrogen-bond acceptors (Lipinski definition) is 5. The van der Waals surface area contributed by atoms with Gasteiger partial charge in [0.25, 0.3) is 5.91 Å². The van der Waals surface area contributed by atoms with E-state index >= 15 is 0 Å². The number of anilines is 1. The third-order valence-corrected chi connectivity index (χ3v) is 3.58. The van der Waals surface area contributed by atoms with E-state index in [2.05, 4.69) is 25.9 Å². The molecule has 0 fully saturated rings. The highest BCUT2D eigenvalue weighted by molar-refractivity contribution is 6.04. The Kier molecular flexibility index (Phi) is 4.37. The maximum Gasteiger partial charge on any atom is 0.255 e. The fraction of sp³-hybridized carbons (Fsp3) is 0.312. The number of tetrazole rings is 1. The van der Waals surface area contributed by atoms with Crippen LogP contribution in [0.3, 0.4) is 0 Å². The summed E-state index contributed by atoms with van der Waals surface area (Å²) in [6, 6.07) is 7.37. The molecule has 0 aliphatic heterocycles. The quantitative estimate of drug-likeness (QED) is 0.778. The minimum Gasteiger partial charge on any atom is -0.319 e. The van der Waals surface area contributed by atoms with Gasteiger partial charge in [-0.1, -0.05) is 12.1 Å². The van der Waals surface area contributed by atoms with Gasteiger partial charge in [-0.25, -0.2) is 4.68 Å². The average Bonchev–Trinajstić information content (AvgIpc) is 3.24. The van der Waals surface area contributed by atoms with E-state index in [1.54, 1.807) is 33.9 Å². The maximum atomic E-state index is 12.4. The molecule has 3 rings (SSSR count). The third-order valence-electron chi connectivity index (χ3n) is 3.58. The first-order valence-electron chi connectivity index (χ1n) is 7.80. The van der Waals surface area contributed by atoms with Crippen LogP contribution in [0, 0.1) is 0 Å². The lowest BCUT2D eigenvalue weighted by atomic mass is 10.1. The van der Waals surface area contributed by atoms with E-state index in [9.17, 15) is 4.79 Å². The summed E-state index contributed by atoms with van der Waals surface area (Å²) in [5.41, 5.74) is 2.00. The first-order chi connectivity index (χ1) is 11.6. The van der Waals surface area contributed by atoms with Crippen LogP contribution in [0.4, 0.5) is 5.69 Å². The minimum absolute atomic E-state index is 0.132. The molecule has 0 radical (unpaired) electrons. The summed E-state index contributed by atoms with van der Waals surface area (Å²) >= 11 is 0. The predicted molar refractivity (Wildman–Crippen MR) is 89.5 cm³/mol. The van der Waals surface area contributed by atoms with E-state index in [1.807, 2.05) is 32.9 Å². The highest BCUT2D eigenvalue weighted by Gasteiger charge is 2.14. The van der Waals surface area contributed by atoms with Gasteiger partial charge in [-0.05, 0) is 43.3 Å². The van der Waals surface area contributed by atoms with Crippen molar-refractivity contribution in [2.75, 3.05) is 5.32 Å². The van der Waals surface area contributed by atoms with Crippen molar-refractivity contribution in [3.05, 3.63) is 42.2 Å². The molecular formula is C16H19N7O. The maximum absolute atomic E-state index is 12.4. The van der Waals surface area contributed by atoms with Crippen LogP contribution in [-0.2, 0) is 6.54 Å². The normalized spacial score (nSPS) is 11.0. The summed E-state index contributed by atoms with van der Waals surface area (Å²) in [4.78, 5) is 12.4.